The SMILES string of the molecule is CCOC(=O)CCNC(=O)C(c1cc(C)ccc1C)N(C(=O)C(CO)NC(=O)OC(C)(C)C)C1CC1C. The number of aliphatic hydroxyl groups is 1. The van der Waals surface area contributed by atoms with E-state index >= 15 is 0 Å². The van der Waals surface area contributed by atoms with Crippen molar-refractivity contribution >= 4 is 23.9 Å². The summed E-state index contributed by atoms with van der Waals surface area (Å²) < 4.78 is 10.2. The second-order valence-corrected chi connectivity index (χ2v) is 10.5. The lowest BCUT2D eigenvalue weighted by molar-refractivity contribution is -0.145. The molecule has 1 aromatic rings. The number of carbonyl (C=O) groups is 4. The van der Waals surface area contributed by atoms with Crippen LogP contribution < -0.4 is 10.6 Å². The summed E-state index contributed by atoms with van der Waals surface area (Å²) in [4.78, 5) is 53.1. The minimum atomic E-state index is -1.30. The predicted octanol–water partition coefficient (Wildman–Crippen LogP) is 2.54. The minimum absolute atomic E-state index is 0.00760. The molecule has 0 radical (unpaired) electrons. The molecule has 0 heterocycles. The van der Waals surface area contributed by atoms with Gasteiger partial charge in [0.1, 0.15) is 17.7 Å². The number of amides is 3. The summed E-state index contributed by atoms with van der Waals surface area (Å²) in [5.74, 6) is -1.35. The topological polar surface area (TPSA) is 134 Å². The molecule has 2 rings (SSSR count). The van der Waals surface area contributed by atoms with Crippen molar-refractivity contribution in [2.45, 2.75) is 85.0 Å². The fourth-order valence-corrected chi connectivity index (χ4v) is 4.08. The summed E-state index contributed by atoms with van der Waals surface area (Å²) in [5, 5.41) is 15.3. The van der Waals surface area contributed by atoms with Crippen molar-refractivity contribution in [1.29, 1.82) is 0 Å². The van der Waals surface area contributed by atoms with E-state index in [1.165, 1.54) is 4.90 Å². The Hall–Kier alpha value is -3.14. The van der Waals surface area contributed by atoms with E-state index in [1.54, 1.807) is 27.7 Å². The van der Waals surface area contributed by atoms with E-state index in [4.69, 9.17) is 9.47 Å². The van der Waals surface area contributed by atoms with Gasteiger partial charge in [-0.05, 0) is 65.0 Å². The minimum Gasteiger partial charge on any atom is -0.466 e. The fourth-order valence-electron chi connectivity index (χ4n) is 4.08. The molecule has 0 saturated heterocycles. The molecule has 0 bridgehead atoms. The second kappa shape index (κ2) is 12.9. The molecule has 37 heavy (non-hydrogen) atoms. The second-order valence-electron chi connectivity index (χ2n) is 10.5. The molecule has 0 aromatic heterocycles. The molecule has 4 atom stereocenters. The first kappa shape index (κ1) is 30.1. The highest BCUT2D eigenvalue weighted by Crippen LogP contribution is 2.41. The van der Waals surface area contributed by atoms with Crippen LogP contribution in [-0.4, -0.2) is 71.3 Å². The number of aliphatic hydroxyl groups excluding tert-OH is 1. The quantitative estimate of drug-likeness (QED) is 0.383. The molecule has 1 aliphatic rings. The summed E-state index contributed by atoms with van der Waals surface area (Å²) in [7, 11) is 0. The van der Waals surface area contributed by atoms with Crippen LogP contribution in [0.5, 0.6) is 0 Å². The highest BCUT2D eigenvalue weighted by atomic mass is 16.6. The average Bonchev–Trinajstić information content (AvgIpc) is 3.51. The maximum Gasteiger partial charge on any atom is 0.408 e. The maximum absolute atomic E-state index is 13.8. The van der Waals surface area contributed by atoms with Gasteiger partial charge >= 0.3 is 12.1 Å². The molecule has 10 heteroatoms. The van der Waals surface area contributed by atoms with Crippen LogP contribution in [0.2, 0.25) is 0 Å². The van der Waals surface area contributed by atoms with Crippen LogP contribution in [0, 0.1) is 19.8 Å². The molecule has 1 aromatic carbocycles. The Morgan fingerprint density at radius 1 is 1.19 bits per heavy atom. The van der Waals surface area contributed by atoms with Crippen LogP contribution in [0.3, 0.4) is 0 Å². The molecule has 3 amide bonds. The molecule has 206 valence electrons. The van der Waals surface area contributed by atoms with Crippen molar-refractivity contribution in [3.8, 4) is 0 Å². The maximum atomic E-state index is 13.8. The van der Waals surface area contributed by atoms with Crippen LogP contribution >= 0.6 is 0 Å². The number of nitrogens with one attached hydrogen (secondary N) is 2. The van der Waals surface area contributed by atoms with Gasteiger partial charge in [-0.3, -0.25) is 14.4 Å². The number of aryl methyl sites for hydroxylation is 2. The van der Waals surface area contributed by atoms with E-state index in [1.807, 2.05) is 39.0 Å². The lowest BCUT2D eigenvalue weighted by Gasteiger charge is -2.35. The summed E-state index contributed by atoms with van der Waals surface area (Å²) in [6, 6.07) is 3.06. The van der Waals surface area contributed by atoms with Gasteiger partial charge in [0.15, 0.2) is 0 Å². The van der Waals surface area contributed by atoms with Gasteiger partial charge in [0, 0.05) is 12.6 Å². The first-order valence-electron chi connectivity index (χ1n) is 12.7. The number of hydrogen-bond acceptors (Lipinski definition) is 7. The van der Waals surface area contributed by atoms with Gasteiger partial charge in [0.25, 0.3) is 0 Å². The smallest absolute Gasteiger partial charge is 0.408 e. The molecule has 1 saturated carbocycles. The van der Waals surface area contributed by atoms with Crippen molar-refractivity contribution in [3.05, 3.63) is 34.9 Å². The third-order valence-electron chi connectivity index (χ3n) is 6.04. The van der Waals surface area contributed by atoms with Crippen LogP contribution in [0.4, 0.5) is 4.79 Å². The third-order valence-corrected chi connectivity index (χ3v) is 6.04. The summed E-state index contributed by atoms with van der Waals surface area (Å²) in [5.41, 5.74) is 1.56. The highest BCUT2D eigenvalue weighted by molar-refractivity contribution is 5.93. The number of rotatable bonds is 11. The molecular formula is C27H41N3O7. The van der Waals surface area contributed by atoms with E-state index in [2.05, 4.69) is 10.6 Å². The predicted molar refractivity (Wildman–Crippen MR) is 138 cm³/mol. The molecular weight excluding hydrogens is 478 g/mol. The Labute approximate surface area is 219 Å². The van der Waals surface area contributed by atoms with Crippen molar-refractivity contribution in [3.63, 3.8) is 0 Å². The summed E-state index contributed by atoms with van der Waals surface area (Å²) in [6.07, 6.45) is -0.175. The van der Waals surface area contributed by atoms with E-state index in [9.17, 15) is 24.3 Å². The number of nitrogens with zero attached hydrogens (tertiary/aromatic N) is 1. The third kappa shape index (κ3) is 8.73. The summed E-state index contributed by atoms with van der Waals surface area (Å²) in [6.45, 7) is 12.1. The van der Waals surface area contributed by atoms with Crippen molar-refractivity contribution < 1.29 is 33.8 Å². The molecule has 1 aliphatic carbocycles. The van der Waals surface area contributed by atoms with Crippen molar-refractivity contribution in [1.82, 2.24) is 15.5 Å². The molecule has 0 spiro atoms. The zero-order valence-corrected chi connectivity index (χ0v) is 22.9. The molecule has 4 unspecified atom stereocenters. The standard InChI is InChI=1S/C27H41N3O7/c1-8-36-22(32)11-12-28-24(33)23(19-13-16(2)9-10-17(19)3)30(21-14-18(21)4)25(34)20(15-31)29-26(35)37-27(5,6)7/h9-10,13,18,20-21,23,31H,8,11-12,14-15H2,1-7H3,(H,28,33)(H,29,35). The van der Waals surface area contributed by atoms with Crippen molar-refractivity contribution in [2.24, 2.45) is 5.92 Å². The first-order valence-corrected chi connectivity index (χ1v) is 12.7. The van der Waals surface area contributed by atoms with Crippen LogP contribution in [0.1, 0.15) is 70.2 Å². The molecule has 3 N–H and O–H groups in total. The highest BCUT2D eigenvalue weighted by Gasteiger charge is 2.48. The van der Waals surface area contributed by atoms with Crippen LogP contribution in [0.15, 0.2) is 18.2 Å². The van der Waals surface area contributed by atoms with Gasteiger partial charge in [0.05, 0.1) is 19.6 Å². The van der Waals surface area contributed by atoms with Gasteiger partial charge < -0.3 is 30.1 Å². The summed E-state index contributed by atoms with van der Waals surface area (Å²) >= 11 is 0. The van der Waals surface area contributed by atoms with Crippen molar-refractivity contribution in [2.75, 3.05) is 19.8 Å². The van der Waals surface area contributed by atoms with Gasteiger partial charge in [-0.25, -0.2) is 4.79 Å². The average molecular weight is 520 g/mol. The molecule has 0 aliphatic heterocycles. The van der Waals surface area contributed by atoms with Crippen LogP contribution in [-0.2, 0) is 23.9 Å². The van der Waals surface area contributed by atoms with Gasteiger partial charge in [-0.2, -0.15) is 0 Å². The number of ether oxygens (including phenoxy) is 2. The normalized spacial score (nSPS) is 18.3. The zero-order chi connectivity index (χ0) is 27.9. The van der Waals surface area contributed by atoms with Gasteiger partial charge in [0.2, 0.25) is 11.8 Å². The number of hydrogen-bond donors (Lipinski definition) is 3. The Bertz CT molecular complexity index is 989. The molecule has 10 nitrogen and oxygen atoms in total. The number of benzene rings is 1. The van der Waals surface area contributed by atoms with Crippen LogP contribution in [0.25, 0.3) is 0 Å². The number of carbonyl (C=O) groups excluding carboxylic acids is 4. The van der Waals surface area contributed by atoms with E-state index in [0.29, 0.717) is 12.0 Å². The number of esters is 1. The Kier molecular flexibility index (Phi) is 10.5. The largest absolute Gasteiger partial charge is 0.466 e. The fraction of sp³-hybridized carbons (Fsp3) is 0.630. The monoisotopic (exact) mass is 519 g/mol. The van der Waals surface area contributed by atoms with E-state index in [-0.39, 0.29) is 31.5 Å². The Balaban J connectivity index is 2.41. The van der Waals surface area contributed by atoms with Gasteiger partial charge in [-0.1, -0.05) is 30.7 Å². The Morgan fingerprint density at radius 2 is 1.84 bits per heavy atom. The zero-order valence-electron chi connectivity index (χ0n) is 22.9. The Morgan fingerprint density at radius 3 is 2.38 bits per heavy atom. The number of alkyl carbamates (subject to hydrolysis) is 1. The molecule has 1 fully saturated rings. The lowest BCUT2D eigenvalue weighted by Crippen LogP contribution is -2.55. The lowest BCUT2D eigenvalue weighted by atomic mass is 9.96. The van der Waals surface area contributed by atoms with Gasteiger partial charge in [-0.15, -0.1) is 0 Å². The van der Waals surface area contributed by atoms with E-state index < -0.39 is 48.2 Å². The van der Waals surface area contributed by atoms with E-state index in [0.717, 1.165) is 11.1 Å². The first-order chi connectivity index (χ1) is 17.3.